The average molecular weight is 489 g/mol. The Kier molecular flexibility index (Phi) is 8.89. The first-order valence-corrected chi connectivity index (χ1v) is 13.1. The Morgan fingerprint density at radius 1 is 1.00 bits per heavy atom. The number of aliphatic hydroxyl groups is 1. The van der Waals surface area contributed by atoms with Gasteiger partial charge in [0.2, 0.25) is 0 Å². The van der Waals surface area contributed by atoms with Crippen LogP contribution in [-0.4, -0.2) is 43.1 Å². The van der Waals surface area contributed by atoms with Crippen LogP contribution in [-0.2, 0) is 25.8 Å². The molecule has 0 heterocycles. The Hall–Kier alpha value is -3.02. The molecule has 36 heavy (non-hydrogen) atoms. The molecule has 0 bridgehead atoms. The summed E-state index contributed by atoms with van der Waals surface area (Å²) in [6.45, 7) is 6.68. The number of ether oxygens (including phenoxy) is 1. The predicted molar refractivity (Wildman–Crippen MR) is 147 cm³/mol. The highest BCUT2D eigenvalue weighted by Crippen LogP contribution is 2.40. The van der Waals surface area contributed by atoms with E-state index in [2.05, 4.69) is 66.5 Å². The minimum atomic E-state index is 0.0857. The molecular formula is C31H40N2O3. The van der Waals surface area contributed by atoms with E-state index < -0.39 is 0 Å². The van der Waals surface area contributed by atoms with Crippen LogP contribution >= 0.6 is 0 Å². The van der Waals surface area contributed by atoms with Gasteiger partial charge in [-0.15, -0.1) is 0 Å². The Labute approximate surface area is 215 Å². The van der Waals surface area contributed by atoms with Crippen molar-refractivity contribution >= 4 is 5.69 Å². The smallest absolute Gasteiger partial charge is 0.120 e. The van der Waals surface area contributed by atoms with Crippen LogP contribution in [0.4, 0.5) is 5.69 Å². The van der Waals surface area contributed by atoms with Crippen LogP contribution in [0.2, 0.25) is 0 Å². The number of anilines is 1. The van der Waals surface area contributed by atoms with Gasteiger partial charge in [-0.2, -0.15) is 0 Å². The summed E-state index contributed by atoms with van der Waals surface area (Å²) >= 11 is 0. The number of hydrogen-bond donors (Lipinski definition) is 3. The van der Waals surface area contributed by atoms with Crippen molar-refractivity contribution in [3.05, 3.63) is 88.5 Å². The van der Waals surface area contributed by atoms with E-state index >= 15 is 0 Å². The van der Waals surface area contributed by atoms with E-state index in [1.54, 1.807) is 13.2 Å². The minimum Gasteiger partial charge on any atom is -0.508 e. The molecule has 0 saturated heterocycles. The van der Waals surface area contributed by atoms with Gasteiger partial charge in [0.25, 0.3) is 0 Å². The third kappa shape index (κ3) is 6.59. The van der Waals surface area contributed by atoms with Crippen LogP contribution in [0.15, 0.2) is 60.7 Å². The molecule has 4 rings (SSSR count). The van der Waals surface area contributed by atoms with Gasteiger partial charge in [0, 0.05) is 30.9 Å². The second-order valence-corrected chi connectivity index (χ2v) is 10.1. The van der Waals surface area contributed by atoms with Gasteiger partial charge in [0.15, 0.2) is 0 Å². The van der Waals surface area contributed by atoms with Gasteiger partial charge in [0.1, 0.15) is 11.5 Å². The molecule has 192 valence electrons. The first kappa shape index (κ1) is 26.1. The summed E-state index contributed by atoms with van der Waals surface area (Å²) in [5.41, 5.74) is 7.52. The monoisotopic (exact) mass is 488 g/mol. The summed E-state index contributed by atoms with van der Waals surface area (Å²) in [6.07, 6.45) is 3.94. The number of aliphatic hydroxyl groups excluding tert-OH is 1. The van der Waals surface area contributed by atoms with Gasteiger partial charge in [-0.25, -0.2) is 0 Å². The number of methoxy groups -OCH3 is 1. The summed E-state index contributed by atoms with van der Waals surface area (Å²) in [6, 6.07) is 21.4. The fourth-order valence-electron chi connectivity index (χ4n) is 5.22. The van der Waals surface area contributed by atoms with Crippen LogP contribution in [0.5, 0.6) is 11.5 Å². The first-order valence-electron chi connectivity index (χ1n) is 13.1. The Morgan fingerprint density at radius 3 is 2.50 bits per heavy atom. The van der Waals surface area contributed by atoms with E-state index in [1.165, 1.54) is 27.8 Å². The number of phenolic OH excluding ortho intramolecular Hbond substituents is 1. The molecule has 0 amide bonds. The number of benzene rings is 3. The first-order chi connectivity index (χ1) is 17.5. The molecule has 3 aromatic carbocycles. The zero-order chi connectivity index (χ0) is 25.5. The van der Waals surface area contributed by atoms with Crippen LogP contribution in [0, 0.1) is 0 Å². The number of rotatable bonds is 11. The number of phenols is 1. The molecule has 5 heteroatoms. The van der Waals surface area contributed by atoms with Crippen LogP contribution in [0.3, 0.4) is 0 Å². The molecule has 1 aliphatic carbocycles. The van der Waals surface area contributed by atoms with Gasteiger partial charge in [-0.3, -0.25) is 0 Å². The third-order valence-electron chi connectivity index (χ3n) is 7.17. The quantitative estimate of drug-likeness (QED) is 0.346. The van der Waals surface area contributed by atoms with E-state index in [-0.39, 0.29) is 6.61 Å². The molecule has 1 unspecified atom stereocenters. The molecule has 3 aromatic rings. The molecule has 0 saturated carbocycles. The standard InChI is InChI=1S/C31H40N2O3/c1-22(2)32-15-14-23-4-6-24(7-5-23)21-33(16-17-34)31-20-29(36-3)12-13-30(31)27-9-8-26-19-28(35)11-10-25(26)18-27/h4-7,10-13,19-20,22,27,32,34-35H,8-9,14-18,21H2,1-3H3. The van der Waals surface area contributed by atoms with E-state index in [4.69, 9.17) is 4.74 Å². The van der Waals surface area contributed by atoms with E-state index in [0.29, 0.717) is 24.3 Å². The van der Waals surface area contributed by atoms with Crippen molar-refractivity contribution in [1.82, 2.24) is 5.32 Å². The van der Waals surface area contributed by atoms with Crippen molar-refractivity contribution < 1.29 is 14.9 Å². The zero-order valence-electron chi connectivity index (χ0n) is 21.8. The van der Waals surface area contributed by atoms with E-state index in [0.717, 1.165) is 50.2 Å². The molecule has 1 aliphatic rings. The number of fused-ring (bicyclic) bond motifs is 1. The molecule has 5 nitrogen and oxygen atoms in total. The molecule has 0 fully saturated rings. The van der Waals surface area contributed by atoms with Crippen molar-refractivity contribution in [2.45, 2.75) is 58.0 Å². The molecule has 0 spiro atoms. The van der Waals surface area contributed by atoms with Crippen molar-refractivity contribution in [1.29, 1.82) is 0 Å². The van der Waals surface area contributed by atoms with Crippen LogP contribution < -0.4 is 15.0 Å². The third-order valence-corrected chi connectivity index (χ3v) is 7.17. The van der Waals surface area contributed by atoms with Gasteiger partial charge in [0.05, 0.1) is 13.7 Å². The second kappa shape index (κ2) is 12.3. The van der Waals surface area contributed by atoms with Crippen molar-refractivity contribution in [3.8, 4) is 11.5 Å². The highest BCUT2D eigenvalue weighted by Gasteiger charge is 2.25. The van der Waals surface area contributed by atoms with Crippen LogP contribution in [0.25, 0.3) is 0 Å². The van der Waals surface area contributed by atoms with Gasteiger partial charge < -0.3 is 25.2 Å². The minimum absolute atomic E-state index is 0.0857. The maximum Gasteiger partial charge on any atom is 0.120 e. The number of nitrogens with zero attached hydrogens (tertiary/aromatic N) is 1. The molecule has 3 N–H and O–H groups in total. The zero-order valence-corrected chi connectivity index (χ0v) is 21.8. The molecule has 0 radical (unpaired) electrons. The highest BCUT2D eigenvalue weighted by molar-refractivity contribution is 5.60. The lowest BCUT2D eigenvalue weighted by Crippen LogP contribution is -2.28. The van der Waals surface area contributed by atoms with Gasteiger partial charge >= 0.3 is 0 Å². The summed E-state index contributed by atoms with van der Waals surface area (Å²) in [5, 5.41) is 23.3. The van der Waals surface area contributed by atoms with E-state index in [1.807, 2.05) is 12.1 Å². The topological polar surface area (TPSA) is 65.0 Å². The highest BCUT2D eigenvalue weighted by atomic mass is 16.5. The normalized spacial score (nSPS) is 15.1. The Morgan fingerprint density at radius 2 is 1.78 bits per heavy atom. The van der Waals surface area contributed by atoms with Crippen molar-refractivity contribution in [2.24, 2.45) is 0 Å². The van der Waals surface area contributed by atoms with Gasteiger partial charge in [-0.1, -0.05) is 50.2 Å². The van der Waals surface area contributed by atoms with Gasteiger partial charge in [-0.05, 0) is 84.2 Å². The summed E-state index contributed by atoms with van der Waals surface area (Å²) < 4.78 is 5.59. The summed E-state index contributed by atoms with van der Waals surface area (Å²) in [7, 11) is 1.70. The van der Waals surface area contributed by atoms with Crippen molar-refractivity contribution in [2.75, 3.05) is 31.7 Å². The average Bonchev–Trinajstić information content (AvgIpc) is 2.88. The molecule has 1 atom stereocenters. The fourth-order valence-corrected chi connectivity index (χ4v) is 5.22. The summed E-state index contributed by atoms with van der Waals surface area (Å²) in [4.78, 5) is 2.28. The number of hydrogen-bond acceptors (Lipinski definition) is 5. The predicted octanol–water partition coefficient (Wildman–Crippen LogP) is 5.21. The number of aryl methyl sites for hydroxylation is 1. The second-order valence-electron chi connectivity index (χ2n) is 10.1. The maximum absolute atomic E-state index is 9.94. The lowest BCUT2D eigenvalue weighted by molar-refractivity contribution is 0.301. The van der Waals surface area contributed by atoms with Crippen molar-refractivity contribution in [3.63, 3.8) is 0 Å². The van der Waals surface area contributed by atoms with E-state index in [9.17, 15) is 10.2 Å². The molecular weight excluding hydrogens is 448 g/mol. The SMILES string of the molecule is COc1ccc(C2CCc3cc(O)ccc3C2)c(N(CCO)Cc2ccc(CCNC(C)C)cc2)c1. The number of nitrogens with one attached hydrogen (secondary N) is 1. The molecule has 0 aliphatic heterocycles. The maximum atomic E-state index is 9.94. The summed E-state index contributed by atoms with van der Waals surface area (Å²) in [5.74, 6) is 1.54. The Balaban J connectivity index is 1.56. The lowest BCUT2D eigenvalue weighted by atomic mass is 9.79. The lowest BCUT2D eigenvalue weighted by Gasteiger charge is -2.32. The largest absolute Gasteiger partial charge is 0.508 e. The Bertz CT molecular complexity index is 1130. The fraction of sp³-hybridized carbons (Fsp3) is 0.419. The van der Waals surface area contributed by atoms with Crippen LogP contribution in [0.1, 0.15) is 54.0 Å². The molecule has 0 aromatic heterocycles. The number of aromatic hydroxyl groups is 1.